The Kier molecular flexibility index (Phi) is 3.32. The molecule has 0 aromatic carbocycles. The number of nitrogens with zero attached hydrogens (tertiary/aromatic N) is 2. The molecule has 4 nitrogen and oxygen atoms in total. The van der Waals surface area contributed by atoms with Crippen LogP contribution >= 0.6 is 0 Å². The summed E-state index contributed by atoms with van der Waals surface area (Å²) in [4.78, 5) is 7.28. The first kappa shape index (κ1) is 8.77. The summed E-state index contributed by atoms with van der Waals surface area (Å²) >= 11 is 0. The van der Waals surface area contributed by atoms with Gasteiger partial charge in [0.05, 0.1) is 18.1 Å². The van der Waals surface area contributed by atoms with Gasteiger partial charge in [0.25, 0.3) is 0 Å². The van der Waals surface area contributed by atoms with Crippen molar-refractivity contribution < 1.29 is 0 Å². The number of nitrogens with two attached hydrogens (primary N) is 1. The molecule has 0 aliphatic carbocycles. The Balaban J connectivity index is 2.52. The van der Waals surface area contributed by atoms with Crippen LogP contribution in [0.2, 0.25) is 0 Å². The fourth-order valence-electron chi connectivity index (χ4n) is 0.996. The topological polar surface area (TPSA) is 67.1 Å². The summed E-state index contributed by atoms with van der Waals surface area (Å²) in [7, 11) is 0. The van der Waals surface area contributed by atoms with Crippen molar-refractivity contribution in [3.05, 3.63) is 17.7 Å². The van der Waals surface area contributed by atoms with Crippen LogP contribution in [0.1, 0.15) is 31.3 Å². The maximum Gasteiger partial charge on any atom is 0.106 e. The van der Waals surface area contributed by atoms with E-state index in [1.807, 2.05) is 0 Å². The van der Waals surface area contributed by atoms with E-state index >= 15 is 0 Å². The third-order valence-electron chi connectivity index (χ3n) is 1.63. The second-order valence-corrected chi connectivity index (χ2v) is 2.67. The summed E-state index contributed by atoms with van der Waals surface area (Å²) in [5, 5.41) is 3.40. The third-order valence-corrected chi connectivity index (χ3v) is 1.63. The number of hydrogen-bond donors (Lipinski definition) is 2. The van der Waals surface area contributed by atoms with Crippen molar-refractivity contribution in [2.24, 2.45) is 10.9 Å². The van der Waals surface area contributed by atoms with Gasteiger partial charge in [0, 0.05) is 6.42 Å². The Morgan fingerprint density at radius 2 is 2.58 bits per heavy atom. The van der Waals surface area contributed by atoms with Crippen LogP contribution in [0.15, 0.2) is 11.3 Å². The minimum atomic E-state index is 0.864. The van der Waals surface area contributed by atoms with Gasteiger partial charge in [0.1, 0.15) is 5.82 Å². The van der Waals surface area contributed by atoms with Crippen LogP contribution in [0, 0.1) is 0 Å². The van der Waals surface area contributed by atoms with E-state index in [1.165, 1.54) is 6.42 Å². The van der Waals surface area contributed by atoms with Crippen molar-refractivity contribution in [2.45, 2.75) is 26.2 Å². The molecule has 3 N–H and O–H groups in total. The largest absolute Gasteiger partial charge is 0.341 e. The van der Waals surface area contributed by atoms with Gasteiger partial charge in [-0.1, -0.05) is 13.3 Å². The molecule has 0 radical (unpaired) electrons. The molecule has 0 fully saturated rings. The van der Waals surface area contributed by atoms with Crippen molar-refractivity contribution in [1.82, 2.24) is 9.97 Å². The second-order valence-electron chi connectivity index (χ2n) is 2.67. The normalized spacial score (nSPS) is 11.1. The molecule has 12 heavy (non-hydrogen) atoms. The quantitative estimate of drug-likeness (QED) is 0.399. The zero-order chi connectivity index (χ0) is 8.81. The van der Waals surface area contributed by atoms with Gasteiger partial charge in [-0.2, -0.15) is 5.10 Å². The minimum Gasteiger partial charge on any atom is -0.341 e. The highest BCUT2D eigenvalue weighted by Gasteiger charge is 1.96. The summed E-state index contributed by atoms with van der Waals surface area (Å²) in [5.74, 6) is 6.00. The SMILES string of the molecule is CCCCc1ncc(C=NN)[nH]1. The Morgan fingerprint density at radius 3 is 3.25 bits per heavy atom. The molecule has 0 atom stereocenters. The van der Waals surface area contributed by atoms with Crippen LogP contribution in [-0.4, -0.2) is 16.2 Å². The fourth-order valence-corrected chi connectivity index (χ4v) is 0.996. The van der Waals surface area contributed by atoms with Gasteiger partial charge in [0.2, 0.25) is 0 Å². The van der Waals surface area contributed by atoms with E-state index in [-0.39, 0.29) is 0 Å². The van der Waals surface area contributed by atoms with Gasteiger partial charge < -0.3 is 10.8 Å². The third kappa shape index (κ3) is 2.38. The molecule has 0 aliphatic rings. The Labute approximate surface area is 71.9 Å². The van der Waals surface area contributed by atoms with Crippen molar-refractivity contribution in [3.8, 4) is 0 Å². The number of aryl methyl sites for hydroxylation is 1. The average Bonchev–Trinajstić information content (AvgIpc) is 2.50. The van der Waals surface area contributed by atoms with E-state index in [9.17, 15) is 0 Å². The predicted octanol–water partition coefficient (Wildman–Crippen LogP) is 1.04. The van der Waals surface area contributed by atoms with Crippen molar-refractivity contribution in [1.29, 1.82) is 0 Å². The number of aromatic amines is 1. The molecule has 1 heterocycles. The molecule has 0 aliphatic heterocycles. The molecule has 1 aromatic rings. The molecular weight excluding hydrogens is 152 g/mol. The zero-order valence-electron chi connectivity index (χ0n) is 7.25. The van der Waals surface area contributed by atoms with E-state index in [0.29, 0.717) is 0 Å². The van der Waals surface area contributed by atoms with E-state index in [2.05, 4.69) is 22.0 Å². The van der Waals surface area contributed by atoms with Crippen LogP contribution in [0.3, 0.4) is 0 Å². The number of unbranched alkanes of at least 4 members (excludes halogenated alkanes) is 1. The van der Waals surface area contributed by atoms with E-state index < -0.39 is 0 Å². The lowest BCUT2D eigenvalue weighted by Gasteiger charge is -1.91. The molecule has 0 saturated carbocycles. The molecule has 0 bridgehead atoms. The second kappa shape index (κ2) is 4.54. The Hall–Kier alpha value is -1.32. The van der Waals surface area contributed by atoms with Gasteiger partial charge in [-0.25, -0.2) is 4.98 Å². The van der Waals surface area contributed by atoms with Crippen LogP contribution in [0.4, 0.5) is 0 Å². The van der Waals surface area contributed by atoms with Crippen LogP contribution in [0.5, 0.6) is 0 Å². The van der Waals surface area contributed by atoms with Crippen molar-refractivity contribution in [2.75, 3.05) is 0 Å². The summed E-state index contributed by atoms with van der Waals surface area (Å²) in [5.41, 5.74) is 0.864. The van der Waals surface area contributed by atoms with Gasteiger partial charge in [-0.15, -0.1) is 0 Å². The lowest BCUT2D eigenvalue weighted by Crippen LogP contribution is -1.89. The van der Waals surface area contributed by atoms with Gasteiger partial charge in [-0.05, 0) is 6.42 Å². The van der Waals surface area contributed by atoms with Gasteiger partial charge in [-0.3, -0.25) is 0 Å². The summed E-state index contributed by atoms with van der Waals surface area (Å²) < 4.78 is 0. The monoisotopic (exact) mass is 166 g/mol. The minimum absolute atomic E-state index is 0.864. The molecule has 66 valence electrons. The number of H-pyrrole nitrogens is 1. The van der Waals surface area contributed by atoms with E-state index in [4.69, 9.17) is 5.84 Å². The summed E-state index contributed by atoms with van der Waals surface area (Å²) in [6.45, 7) is 2.16. The molecule has 0 amide bonds. The molecular formula is C8H14N4. The first-order chi connectivity index (χ1) is 5.86. The molecule has 4 heteroatoms. The number of rotatable bonds is 4. The fraction of sp³-hybridized carbons (Fsp3) is 0.500. The standard InChI is InChI=1S/C8H14N4/c1-2-3-4-8-10-5-7(12-8)6-11-9/h5-6H,2-4,9H2,1H3,(H,10,12). The highest BCUT2D eigenvalue weighted by molar-refractivity contribution is 5.76. The highest BCUT2D eigenvalue weighted by atomic mass is 15.1. The highest BCUT2D eigenvalue weighted by Crippen LogP contribution is 1.99. The lowest BCUT2D eigenvalue weighted by molar-refractivity contribution is 0.762. The molecule has 0 spiro atoms. The molecule has 1 aromatic heterocycles. The lowest BCUT2D eigenvalue weighted by atomic mass is 10.2. The summed E-state index contributed by atoms with van der Waals surface area (Å²) in [6, 6.07) is 0. The number of hydrazone groups is 1. The van der Waals surface area contributed by atoms with E-state index in [1.54, 1.807) is 12.4 Å². The van der Waals surface area contributed by atoms with Gasteiger partial charge in [0.15, 0.2) is 0 Å². The van der Waals surface area contributed by atoms with Crippen LogP contribution in [0.25, 0.3) is 0 Å². The van der Waals surface area contributed by atoms with Crippen LogP contribution in [-0.2, 0) is 6.42 Å². The van der Waals surface area contributed by atoms with Crippen molar-refractivity contribution in [3.63, 3.8) is 0 Å². The first-order valence-electron chi connectivity index (χ1n) is 4.14. The number of aromatic nitrogens is 2. The smallest absolute Gasteiger partial charge is 0.106 e. The Morgan fingerprint density at radius 1 is 1.75 bits per heavy atom. The Bertz CT molecular complexity index is 251. The zero-order valence-corrected chi connectivity index (χ0v) is 7.25. The van der Waals surface area contributed by atoms with E-state index in [0.717, 1.165) is 24.4 Å². The summed E-state index contributed by atoms with van der Waals surface area (Å²) in [6.07, 6.45) is 6.63. The van der Waals surface area contributed by atoms with Crippen LogP contribution < -0.4 is 5.84 Å². The van der Waals surface area contributed by atoms with Crippen molar-refractivity contribution >= 4 is 6.21 Å². The molecule has 0 saturated heterocycles. The molecule has 1 rings (SSSR count). The predicted molar refractivity (Wildman–Crippen MR) is 49.0 cm³/mol. The molecule has 0 unspecified atom stereocenters. The maximum absolute atomic E-state index is 4.99. The number of hydrogen-bond acceptors (Lipinski definition) is 3. The van der Waals surface area contributed by atoms with Gasteiger partial charge >= 0.3 is 0 Å². The number of imidazole rings is 1. The maximum atomic E-state index is 4.99. The number of nitrogens with one attached hydrogen (secondary N) is 1. The average molecular weight is 166 g/mol. The first-order valence-corrected chi connectivity index (χ1v) is 4.14.